The summed E-state index contributed by atoms with van der Waals surface area (Å²) in [6.45, 7) is 2.23. The quantitative estimate of drug-likeness (QED) is 0.706. The van der Waals surface area contributed by atoms with E-state index in [2.05, 4.69) is 30.1 Å². The van der Waals surface area contributed by atoms with Gasteiger partial charge in [0.25, 0.3) is 0 Å². The zero-order chi connectivity index (χ0) is 14.2. The zero-order valence-corrected chi connectivity index (χ0v) is 12.0. The fourth-order valence-corrected chi connectivity index (χ4v) is 2.26. The first-order valence-electron chi connectivity index (χ1n) is 7.29. The van der Waals surface area contributed by atoms with Crippen LogP contribution in [0, 0.1) is 11.3 Å². The second kappa shape index (κ2) is 7.45. The predicted octanol–water partition coefficient (Wildman–Crippen LogP) is 4.74. The number of pyridine rings is 1. The second-order valence-corrected chi connectivity index (χ2v) is 5.05. The normalized spacial score (nSPS) is 10.2. The highest BCUT2D eigenvalue weighted by molar-refractivity contribution is 5.60. The first kappa shape index (κ1) is 14.3. The number of nitriles is 1. The maximum absolute atomic E-state index is 8.82. The van der Waals surface area contributed by atoms with Crippen LogP contribution < -0.4 is 0 Å². The van der Waals surface area contributed by atoms with Crippen LogP contribution >= 0.6 is 0 Å². The predicted molar refractivity (Wildman–Crippen MR) is 82.2 cm³/mol. The molecule has 0 bridgehead atoms. The summed E-state index contributed by atoms with van der Waals surface area (Å²) in [4.78, 5) is 4.43. The summed E-state index contributed by atoms with van der Waals surface area (Å²) in [6.07, 6.45) is 8.12. The molecule has 20 heavy (non-hydrogen) atoms. The van der Waals surface area contributed by atoms with E-state index in [-0.39, 0.29) is 0 Å². The number of unbranched alkanes of at least 4 members (excludes halogenated alkanes) is 3. The van der Waals surface area contributed by atoms with Crippen molar-refractivity contribution in [1.29, 1.82) is 5.26 Å². The molecule has 1 aromatic carbocycles. The lowest BCUT2D eigenvalue weighted by molar-refractivity contribution is 0.666. The molecule has 0 aliphatic rings. The average molecular weight is 264 g/mol. The fourth-order valence-electron chi connectivity index (χ4n) is 2.26. The van der Waals surface area contributed by atoms with Crippen LogP contribution in [0.25, 0.3) is 11.3 Å². The van der Waals surface area contributed by atoms with E-state index in [0.717, 1.165) is 17.7 Å². The molecular weight excluding hydrogens is 244 g/mol. The van der Waals surface area contributed by atoms with Gasteiger partial charge in [-0.05, 0) is 42.7 Å². The van der Waals surface area contributed by atoms with Gasteiger partial charge in [0, 0.05) is 11.8 Å². The van der Waals surface area contributed by atoms with Crippen molar-refractivity contribution in [3.63, 3.8) is 0 Å². The molecule has 2 nitrogen and oxygen atoms in total. The third-order valence-electron chi connectivity index (χ3n) is 3.45. The lowest BCUT2D eigenvalue weighted by Crippen LogP contribution is -1.90. The first-order chi connectivity index (χ1) is 9.83. The summed E-state index contributed by atoms with van der Waals surface area (Å²) in [5, 5.41) is 8.82. The lowest BCUT2D eigenvalue weighted by atomic mass is 10.0. The van der Waals surface area contributed by atoms with Gasteiger partial charge >= 0.3 is 0 Å². The maximum Gasteiger partial charge on any atom is 0.0991 e. The van der Waals surface area contributed by atoms with Crippen LogP contribution in [0.15, 0.2) is 42.6 Å². The van der Waals surface area contributed by atoms with Crippen LogP contribution in [0.1, 0.15) is 43.7 Å². The molecule has 102 valence electrons. The third-order valence-corrected chi connectivity index (χ3v) is 3.45. The van der Waals surface area contributed by atoms with Gasteiger partial charge in [-0.1, -0.05) is 38.3 Å². The molecule has 2 rings (SSSR count). The van der Waals surface area contributed by atoms with Crippen molar-refractivity contribution < 1.29 is 0 Å². The smallest absolute Gasteiger partial charge is 0.0991 e. The van der Waals surface area contributed by atoms with E-state index in [0.29, 0.717) is 5.56 Å². The first-order valence-corrected chi connectivity index (χ1v) is 7.29. The number of benzene rings is 1. The number of nitrogens with zero attached hydrogens (tertiary/aromatic N) is 2. The molecule has 0 aliphatic carbocycles. The Morgan fingerprint density at radius 1 is 1.05 bits per heavy atom. The van der Waals surface area contributed by atoms with Crippen LogP contribution in [-0.4, -0.2) is 4.98 Å². The molecule has 0 fully saturated rings. The molecule has 1 heterocycles. The number of aryl methyl sites for hydroxylation is 1. The average Bonchev–Trinajstić information content (AvgIpc) is 2.52. The Morgan fingerprint density at radius 3 is 2.55 bits per heavy atom. The summed E-state index contributed by atoms with van der Waals surface area (Å²) in [5.74, 6) is 0. The van der Waals surface area contributed by atoms with Crippen molar-refractivity contribution in [3.8, 4) is 17.3 Å². The molecular formula is C18H20N2. The van der Waals surface area contributed by atoms with E-state index in [1.807, 2.05) is 30.5 Å². The molecule has 0 saturated heterocycles. The lowest BCUT2D eigenvalue weighted by Gasteiger charge is -2.05. The highest BCUT2D eigenvalue weighted by atomic mass is 14.7. The molecule has 0 amide bonds. The van der Waals surface area contributed by atoms with Gasteiger partial charge in [-0.2, -0.15) is 5.26 Å². The van der Waals surface area contributed by atoms with Crippen LogP contribution in [0.4, 0.5) is 0 Å². The zero-order valence-electron chi connectivity index (χ0n) is 12.0. The molecule has 0 unspecified atom stereocenters. The molecule has 0 atom stereocenters. The summed E-state index contributed by atoms with van der Waals surface area (Å²) in [5.41, 5.74) is 4.09. The summed E-state index contributed by atoms with van der Waals surface area (Å²) < 4.78 is 0. The third kappa shape index (κ3) is 3.93. The molecule has 1 aromatic heterocycles. The van der Waals surface area contributed by atoms with E-state index in [4.69, 9.17) is 5.26 Å². The van der Waals surface area contributed by atoms with E-state index in [9.17, 15) is 0 Å². The van der Waals surface area contributed by atoms with E-state index < -0.39 is 0 Å². The monoisotopic (exact) mass is 264 g/mol. The highest BCUT2D eigenvalue weighted by Crippen LogP contribution is 2.19. The van der Waals surface area contributed by atoms with E-state index in [1.54, 1.807) is 0 Å². The summed E-state index contributed by atoms with van der Waals surface area (Å²) in [6, 6.07) is 14.0. The fraction of sp³-hybridized carbons (Fsp3) is 0.333. The van der Waals surface area contributed by atoms with Gasteiger partial charge in [0.1, 0.15) is 0 Å². The minimum atomic E-state index is 0.685. The number of rotatable bonds is 6. The van der Waals surface area contributed by atoms with Gasteiger partial charge in [0.2, 0.25) is 0 Å². The Hall–Kier alpha value is -2.14. The minimum Gasteiger partial charge on any atom is -0.256 e. The van der Waals surface area contributed by atoms with Crippen molar-refractivity contribution in [3.05, 3.63) is 53.7 Å². The van der Waals surface area contributed by atoms with Crippen LogP contribution in [0.3, 0.4) is 0 Å². The number of hydrogen-bond acceptors (Lipinski definition) is 2. The van der Waals surface area contributed by atoms with Crippen molar-refractivity contribution in [2.75, 3.05) is 0 Å². The van der Waals surface area contributed by atoms with Gasteiger partial charge in [-0.25, -0.2) is 0 Å². The van der Waals surface area contributed by atoms with Crippen LogP contribution in [0.2, 0.25) is 0 Å². The van der Waals surface area contributed by atoms with E-state index >= 15 is 0 Å². The number of hydrogen-bond donors (Lipinski definition) is 0. The van der Waals surface area contributed by atoms with Crippen LogP contribution in [-0.2, 0) is 6.42 Å². The van der Waals surface area contributed by atoms with Gasteiger partial charge < -0.3 is 0 Å². The standard InChI is InChI=1S/C18H20N2/c1-2-3-4-5-6-15-11-12-20-18(13-15)17-9-7-16(14-19)8-10-17/h7-13H,2-6H2,1H3. The van der Waals surface area contributed by atoms with Crippen molar-refractivity contribution in [2.24, 2.45) is 0 Å². The molecule has 0 N–H and O–H groups in total. The van der Waals surface area contributed by atoms with Crippen LogP contribution in [0.5, 0.6) is 0 Å². The minimum absolute atomic E-state index is 0.685. The summed E-state index contributed by atoms with van der Waals surface area (Å²) >= 11 is 0. The molecule has 0 aliphatic heterocycles. The van der Waals surface area contributed by atoms with Gasteiger partial charge in [0.15, 0.2) is 0 Å². The molecule has 2 heteroatoms. The maximum atomic E-state index is 8.82. The van der Waals surface area contributed by atoms with Gasteiger partial charge in [-0.15, -0.1) is 0 Å². The molecule has 0 spiro atoms. The summed E-state index contributed by atoms with van der Waals surface area (Å²) in [7, 11) is 0. The van der Waals surface area contributed by atoms with Crippen molar-refractivity contribution in [2.45, 2.75) is 39.0 Å². The van der Waals surface area contributed by atoms with Gasteiger partial charge in [0.05, 0.1) is 17.3 Å². The molecule has 0 saturated carbocycles. The highest BCUT2D eigenvalue weighted by Gasteiger charge is 2.01. The Bertz CT molecular complexity index is 579. The Morgan fingerprint density at radius 2 is 1.85 bits per heavy atom. The SMILES string of the molecule is CCCCCCc1ccnc(-c2ccc(C#N)cc2)c1. The Labute approximate surface area is 121 Å². The molecule has 2 aromatic rings. The Balaban J connectivity index is 2.06. The molecule has 0 radical (unpaired) electrons. The van der Waals surface area contributed by atoms with Crippen molar-refractivity contribution >= 4 is 0 Å². The topological polar surface area (TPSA) is 36.7 Å². The second-order valence-electron chi connectivity index (χ2n) is 5.05. The largest absolute Gasteiger partial charge is 0.256 e. The number of aromatic nitrogens is 1. The van der Waals surface area contributed by atoms with Crippen molar-refractivity contribution in [1.82, 2.24) is 4.98 Å². The Kier molecular flexibility index (Phi) is 5.32. The van der Waals surface area contributed by atoms with Gasteiger partial charge in [-0.3, -0.25) is 4.98 Å². The van der Waals surface area contributed by atoms with E-state index in [1.165, 1.54) is 31.2 Å².